The van der Waals surface area contributed by atoms with Gasteiger partial charge in [0, 0.05) is 30.9 Å². The van der Waals surface area contributed by atoms with E-state index in [4.69, 9.17) is 0 Å². The number of hydrogen-bond acceptors (Lipinski definition) is 3. The second-order valence-electron chi connectivity index (χ2n) is 6.52. The second-order valence-corrected chi connectivity index (χ2v) is 6.52. The molecule has 27 heavy (non-hydrogen) atoms. The molecule has 0 aromatic carbocycles. The number of anilines is 1. The van der Waals surface area contributed by atoms with Crippen LogP contribution in [0.4, 0.5) is 28.2 Å². The second kappa shape index (κ2) is 6.82. The van der Waals surface area contributed by atoms with Crippen LogP contribution in [0.2, 0.25) is 0 Å². The number of pyridine rings is 1. The molecule has 0 radical (unpaired) electrons. The van der Waals surface area contributed by atoms with Gasteiger partial charge in [-0.15, -0.1) is 0 Å². The monoisotopic (exact) mass is 385 g/mol. The third-order valence-electron chi connectivity index (χ3n) is 4.74. The van der Waals surface area contributed by atoms with E-state index in [-0.39, 0.29) is 18.3 Å². The van der Waals surface area contributed by atoms with E-state index >= 15 is 0 Å². The molecule has 1 aliphatic heterocycles. The highest BCUT2D eigenvalue weighted by Gasteiger charge is 2.38. The Morgan fingerprint density at radius 3 is 2.70 bits per heavy atom. The molecule has 1 aliphatic rings. The van der Waals surface area contributed by atoms with E-state index in [0.29, 0.717) is 22.2 Å². The van der Waals surface area contributed by atoms with Gasteiger partial charge in [-0.25, -0.2) is 9.78 Å². The van der Waals surface area contributed by atoms with Crippen molar-refractivity contribution < 1.29 is 22.4 Å². The zero-order valence-electron chi connectivity index (χ0n) is 15.0. The number of halogens is 4. The molecule has 1 N–H and O–H groups in total. The summed E-state index contributed by atoms with van der Waals surface area (Å²) in [7, 11) is 1.16. The summed E-state index contributed by atoms with van der Waals surface area (Å²) in [5.74, 6) is -0.749. The molecule has 0 saturated carbocycles. The van der Waals surface area contributed by atoms with Crippen LogP contribution in [0.15, 0.2) is 18.3 Å². The van der Waals surface area contributed by atoms with Crippen molar-refractivity contribution in [2.24, 2.45) is 7.05 Å². The normalized spacial score (nSPS) is 19.7. The molecule has 2 aromatic rings. The van der Waals surface area contributed by atoms with Gasteiger partial charge in [0.05, 0.1) is 6.04 Å². The Balaban J connectivity index is 1.88. The highest BCUT2D eigenvalue weighted by Crippen LogP contribution is 2.36. The van der Waals surface area contributed by atoms with Crippen LogP contribution in [0.5, 0.6) is 0 Å². The Bertz CT molecular complexity index is 863. The first-order valence-corrected chi connectivity index (χ1v) is 8.47. The van der Waals surface area contributed by atoms with E-state index in [9.17, 15) is 22.4 Å². The summed E-state index contributed by atoms with van der Waals surface area (Å²) < 4.78 is 53.4. The number of carbonyl (C=O) groups excluding carboxylic acids is 1. The van der Waals surface area contributed by atoms with Crippen molar-refractivity contribution in [3.8, 4) is 0 Å². The molecule has 0 spiro atoms. The molecule has 3 rings (SSSR count). The van der Waals surface area contributed by atoms with Gasteiger partial charge >= 0.3 is 12.2 Å². The number of aryl methyl sites for hydroxylation is 1. The number of aromatic nitrogens is 3. The molecule has 2 unspecified atom stereocenters. The fourth-order valence-corrected chi connectivity index (χ4v) is 3.57. The fourth-order valence-electron chi connectivity index (χ4n) is 3.57. The third kappa shape index (κ3) is 3.47. The molecule has 2 aromatic heterocycles. The number of nitrogens with one attached hydrogen (secondary N) is 1. The summed E-state index contributed by atoms with van der Waals surface area (Å²) >= 11 is 0. The lowest BCUT2D eigenvalue weighted by Gasteiger charge is -2.41. The Labute approximate surface area is 153 Å². The van der Waals surface area contributed by atoms with Crippen molar-refractivity contribution in [1.29, 1.82) is 0 Å². The van der Waals surface area contributed by atoms with Gasteiger partial charge in [0.2, 0.25) is 5.95 Å². The number of hydrogen-bond donors (Lipinski definition) is 1. The van der Waals surface area contributed by atoms with Crippen molar-refractivity contribution >= 4 is 11.8 Å². The van der Waals surface area contributed by atoms with Gasteiger partial charge in [-0.2, -0.15) is 22.7 Å². The van der Waals surface area contributed by atoms with Gasteiger partial charge in [0.1, 0.15) is 5.69 Å². The average molecular weight is 385 g/mol. The van der Waals surface area contributed by atoms with Gasteiger partial charge < -0.3 is 4.90 Å². The molecule has 146 valence electrons. The van der Waals surface area contributed by atoms with Crippen molar-refractivity contribution in [3.63, 3.8) is 0 Å². The zero-order chi connectivity index (χ0) is 19.9. The highest BCUT2D eigenvalue weighted by molar-refractivity contribution is 5.89. The summed E-state index contributed by atoms with van der Waals surface area (Å²) in [5.41, 5.74) is 0.170. The predicted molar refractivity (Wildman–Crippen MR) is 89.5 cm³/mol. The summed E-state index contributed by atoms with van der Waals surface area (Å²) in [6.07, 6.45) is -2.44. The number of urea groups is 1. The van der Waals surface area contributed by atoms with E-state index in [1.165, 1.54) is 11.1 Å². The van der Waals surface area contributed by atoms with Crippen LogP contribution < -0.4 is 5.32 Å². The standard InChI is InChI=1S/C17H19F4N5O/c1-4-12-10-5-6-22-15(18)11(10)7-9(2)26(12)16(27)23-14-8-13(17(19,20)21)25(3)24-14/h5-6,8-9,12H,4,7H2,1-3H3,(H,23,24,27). The number of alkyl halides is 3. The maximum Gasteiger partial charge on any atom is 0.433 e. The summed E-state index contributed by atoms with van der Waals surface area (Å²) in [5, 5.41) is 6.15. The molecule has 3 heterocycles. The quantitative estimate of drug-likeness (QED) is 0.630. The topological polar surface area (TPSA) is 63.1 Å². The van der Waals surface area contributed by atoms with Gasteiger partial charge in [-0.1, -0.05) is 6.92 Å². The third-order valence-corrected chi connectivity index (χ3v) is 4.74. The summed E-state index contributed by atoms with van der Waals surface area (Å²) in [6, 6.07) is 1.11. The van der Waals surface area contributed by atoms with Crippen molar-refractivity contribution in [2.45, 2.75) is 44.9 Å². The van der Waals surface area contributed by atoms with E-state index in [1.54, 1.807) is 13.0 Å². The molecule has 0 bridgehead atoms. The van der Waals surface area contributed by atoms with Crippen molar-refractivity contribution in [3.05, 3.63) is 41.1 Å². The predicted octanol–water partition coefficient (Wildman–Crippen LogP) is 3.90. The van der Waals surface area contributed by atoms with E-state index in [0.717, 1.165) is 13.1 Å². The number of nitrogens with zero attached hydrogens (tertiary/aromatic N) is 4. The minimum absolute atomic E-state index is 0.191. The van der Waals surface area contributed by atoms with Crippen LogP contribution >= 0.6 is 0 Å². The van der Waals surface area contributed by atoms with Gasteiger partial charge in [0.25, 0.3) is 0 Å². The molecule has 0 fully saturated rings. The minimum Gasteiger partial charge on any atom is -0.314 e. The Kier molecular flexibility index (Phi) is 4.83. The maximum atomic E-state index is 14.0. The highest BCUT2D eigenvalue weighted by atomic mass is 19.4. The molecule has 2 atom stereocenters. The SMILES string of the molecule is CCC1c2ccnc(F)c2CC(C)N1C(=O)Nc1cc(C(F)(F)F)n(C)n1. The van der Waals surface area contributed by atoms with E-state index in [1.807, 2.05) is 6.92 Å². The van der Waals surface area contributed by atoms with Gasteiger partial charge in [0.15, 0.2) is 5.82 Å². The van der Waals surface area contributed by atoms with Crippen LogP contribution in [-0.4, -0.2) is 31.7 Å². The van der Waals surface area contributed by atoms with Crippen LogP contribution in [0.3, 0.4) is 0 Å². The smallest absolute Gasteiger partial charge is 0.314 e. The minimum atomic E-state index is -4.57. The molecular formula is C17H19F4N5O. The van der Waals surface area contributed by atoms with Crippen LogP contribution in [-0.2, 0) is 19.6 Å². The van der Waals surface area contributed by atoms with Gasteiger partial charge in [-0.05, 0) is 31.4 Å². The molecule has 2 amide bonds. The van der Waals surface area contributed by atoms with Crippen LogP contribution in [0, 0.1) is 5.95 Å². The van der Waals surface area contributed by atoms with Crippen LogP contribution in [0.25, 0.3) is 0 Å². The van der Waals surface area contributed by atoms with Crippen molar-refractivity contribution in [1.82, 2.24) is 19.7 Å². The number of carbonyl (C=O) groups is 1. The van der Waals surface area contributed by atoms with E-state index in [2.05, 4.69) is 15.4 Å². The first-order chi connectivity index (χ1) is 12.6. The fraction of sp³-hybridized carbons (Fsp3) is 0.471. The average Bonchev–Trinajstić information content (AvgIpc) is 2.95. The Hall–Kier alpha value is -2.65. The summed E-state index contributed by atoms with van der Waals surface area (Å²) in [6.45, 7) is 3.62. The summed E-state index contributed by atoms with van der Waals surface area (Å²) in [4.78, 5) is 18.0. The van der Waals surface area contributed by atoms with Crippen LogP contribution in [0.1, 0.15) is 43.1 Å². The number of amides is 2. The number of fused-ring (bicyclic) bond motifs is 1. The molecular weight excluding hydrogens is 366 g/mol. The Morgan fingerprint density at radius 1 is 1.41 bits per heavy atom. The molecule has 6 nitrogen and oxygen atoms in total. The Morgan fingerprint density at radius 2 is 2.11 bits per heavy atom. The lowest BCUT2D eigenvalue weighted by atomic mass is 9.89. The lowest BCUT2D eigenvalue weighted by Crippen LogP contribution is -2.48. The molecule has 0 aliphatic carbocycles. The van der Waals surface area contributed by atoms with E-state index < -0.39 is 29.9 Å². The zero-order valence-corrected chi connectivity index (χ0v) is 15.0. The molecule has 10 heteroatoms. The largest absolute Gasteiger partial charge is 0.433 e. The van der Waals surface area contributed by atoms with Gasteiger partial charge in [-0.3, -0.25) is 10.00 Å². The first kappa shape index (κ1) is 19.1. The van der Waals surface area contributed by atoms with Crippen molar-refractivity contribution in [2.75, 3.05) is 5.32 Å². The molecule has 0 saturated heterocycles. The first-order valence-electron chi connectivity index (χ1n) is 8.47. The number of rotatable bonds is 2. The lowest BCUT2D eigenvalue weighted by molar-refractivity contribution is -0.143. The maximum absolute atomic E-state index is 14.0.